The summed E-state index contributed by atoms with van der Waals surface area (Å²) in [4.78, 5) is 11.7. The lowest BCUT2D eigenvalue weighted by Gasteiger charge is -2.17. The van der Waals surface area contributed by atoms with E-state index >= 15 is 0 Å². The second-order valence-corrected chi connectivity index (χ2v) is 4.26. The van der Waals surface area contributed by atoms with Gasteiger partial charge in [-0.2, -0.15) is 0 Å². The van der Waals surface area contributed by atoms with Gasteiger partial charge in [-0.15, -0.1) is 0 Å². The van der Waals surface area contributed by atoms with Gasteiger partial charge in [-0.25, -0.2) is 13.5 Å². The van der Waals surface area contributed by atoms with Gasteiger partial charge in [0, 0.05) is 6.54 Å². The summed E-state index contributed by atoms with van der Waals surface area (Å²) in [6, 6.07) is 3.43. The second kappa shape index (κ2) is 7.10. The van der Waals surface area contributed by atoms with Crippen LogP contribution in [-0.2, 0) is 0 Å². The molecule has 1 aromatic carbocycles. The zero-order valence-corrected chi connectivity index (χ0v) is 11.1. The normalized spacial score (nSPS) is 10.2. The minimum Gasteiger partial charge on any atom is -0.503 e. The summed E-state index contributed by atoms with van der Waals surface area (Å²) in [5.41, 5.74) is 0.0197. The third kappa shape index (κ3) is 3.80. The summed E-state index contributed by atoms with van der Waals surface area (Å²) in [7, 11) is 0. The number of phenolic OH excluding ortho intramolecular Hbond substituents is 1. The van der Waals surface area contributed by atoms with E-state index in [1.807, 2.05) is 0 Å². The molecule has 0 atom stereocenters. The molecule has 4 nitrogen and oxygen atoms in total. The number of benzene rings is 1. The summed E-state index contributed by atoms with van der Waals surface area (Å²) >= 11 is 3.95. The largest absolute Gasteiger partial charge is 0.503 e. The lowest BCUT2D eigenvalue weighted by molar-refractivity contribution is 0.249. The molecule has 0 saturated heterocycles. The molecule has 0 unspecified atom stereocenters. The molecule has 0 saturated carbocycles. The van der Waals surface area contributed by atoms with Crippen molar-refractivity contribution in [1.82, 2.24) is 5.32 Å². The highest BCUT2D eigenvalue weighted by atomic mass is 32.1. The third-order valence-electron chi connectivity index (χ3n) is 2.44. The third-order valence-corrected chi connectivity index (χ3v) is 2.84. The molecule has 2 amide bonds. The summed E-state index contributed by atoms with van der Waals surface area (Å²) in [6.45, 7) is 2.59. The van der Waals surface area contributed by atoms with Crippen molar-refractivity contribution in [3.05, 3.63) is 24.0 Å². The maximum Gasteiger partial charge on any atom is 0.332 e. The number of carbonyl (C=O) groups excluding carboxylic acids is 1. The Morgan fingerprint density at radius 3 is 2.89 bits per heavy atom. The first kappa shape index (κ1) is 14.6. The van der Waals surface area contributed by atoms with Gasteiger partial charge in [-0.1, -0.05) is 38.6 Å². The van der Waals surface area contributed by atoms with E-state index in [1.165, 1.54) is 12.1 Å². The summed E-state index contributed by atoms with van der Waals surface area (Å²) in [5.74, 6) is -1.37. The molecule has 0 aliphatic carbocycles. The Balaban J connectivity index is 2.60. The number of anilines is 1. The molecule has 2 N–H and O–H groups in total. The number of nitrogens with zero attached hydrogens (tertiary/aromatic N) is 1. The number of nitrogens with one attached hydrogen (secondary N) is 1. The number of carbonyl (C=O) groups is 1. The molecule has 0 radical (unpaired) electrons. The minimum atomic E-state index is -0.787. The molecule has 0 aromatic heterocycles. The van der Waals surface area contributed by atoms with E-state index in [4.69, 9.17) is 0 Å². The molecule has 1 aromatic rings. The molecule has 100 valence electrons. The first-order valence-electron chi connectivity index (χ1n) is 5.82. The predicted octanol–water partition coefficient (Wildman–Crippen LogP) is 3.08. The van der Waals surface area contributed by atoms with Crippen LogP contribution in [0.15, 0.2) is 18.2 Å². The summed E-state index contributed by atoms with van der Waals surface area (Å²) < 4.78 is 14.0. The molecule has 0 aliphatic heterocycles. The Morgan fingerprint density at radius 2 is 2.22 bits per heavy atom. The molecule has 18 heavy (non-hydrogen) atoms. The van der Waals surface area contributed by atoms with Crippen molar-refractivity contribution < 1.29 is 14.3 Å². The van der Waals surface area contributed by atoms with Gasteiger partial charge in [0.2, 0.25) is 0 Å². The Bertz CT molecular complexity index is 415. The molecule has 1 rings (SSSR count). The van der Waals surface area contributed by atoms with Crippen molar-refractivity contribution in [2.24, 2.45) is 0 Å². The van der Waals surface area contributed by atoms with Crippen molar-refractivity contribution in [3.8, 4) is 5.75 Å². The molecular weight excluding hydrogens is 255 g/mol. The topological polar surface area (TPSA) is 52.6 Å². The number of phenols is 1. The van der Waals surface area contributed by atoms with Gasteiger partial charge < -0.3 is 10.4 Å². The number of rotatable bonds is 5. The van der Waals surface area contributed by atoms with Crippen molar-refractivity contribution in [2.75, 3.05) is 10.8 Å². The predicted molar refractivity (Wildman–Crippen MR) is 72.5 cm³/mol. The lowest BCUT2D eigenvalue weighted by Crippen LogP contribution is -2.34. The van der Waals surface area contributed by atoms with Gasteiger partial charge in [-0.05, 0) is 18.6 Å². The molecule has 0 bridgehead atoms. The van der Waals surface area contributed by atoms with Gasteiger partial charge in [0.15, 0.2) is 11.6 Å². The highest BCUT2D eigenvalue weighted by molar-refractivity contribution is 7.82. The van der Waals surface area contributed by atoms with Crippen LogP contribution in [0.3, 0.4) is 0 Å². The van der Waals surface area contributed by atoms with Crippen LogP contribution in [0.25, 0.3) is 0 Å². The van der Waals surface area contributed by atoms with Gasteiger partial charge in [0.1, 0.15) is 5.69 Å². The quantitative estimate of drug-likeness (QED) is 0.570. The Kier molecular flexibility index (Phi) is 5.77. The second-order valence-electron chi connectivity index (χ2n) is 3.86. The van der Waals surface area contributed by atoms with Crippen LogP contribution in [-0.4, -0.2) is 17.7 Å². The number of thiol groups is 1. The van der Waals surface area contributed by atoms with Crippen molar-refractivity contribution in [2.45, 2.75) is 26.2 Å². The van der Waals surface area contributed by atoms with Crippen LogP contribution in [0.2, 0.25) is 0 Å². The smallest absolute Gasteiger partial charge is 0.332 e. The number of aromatic hydroxyl groups is 1. The van der Waals surface area contributed by atoms with E-state index in [9.17, 15) is 14.3 Å². The minimum absolute atomic E-state index is 0.0197. The van der Waals surface area contributed by atoms with Crippen molar-refractivity contribution in [1.29, 1.82) is 0 Å². The van der Waals surface area contributed by atoms with E-state index in [0.717, 1.165) is 29.6 Å². The lowest BCUT2D eigenvalue weighted by atomic mass is 10.2. The Morgan fingerprint density at radius 1 is 1.50 bits per heavy atom. The van der Waals surface area contributed by atoms with Crippen LogP contribution < -0.4 is 9.62 Å². The summed E-state index contributed by atoms with van der Waals surface area (Å²) in [6.07, 6.45) is 2.96. The monoisotopic (exact) mass is 272 g/mol. The average molecular weight is 272 g/mol. The number of hydrogen-bond acceptors (Lipinski definition) is 3. The van der Waals surface area contributed by atoms with E-state index < -0.39 is 17.6 Å². The van der Waals surface area contributed by atoms with E-state index in [0.29, 0.717) is 6.54 Å². The fourth-order valence-corrected chi connectivity index (χ4v) is 1.66. The molecular formula is C12H17FN2O2S. The fraction of sp³-hybridized carbons (Fsp3) is 0.417. The van der Waals surface area contributed by atoms with Gasteiger partial charge in [0.25, 0.3) is 0 Å². The van der Waals surface area contributed by atoms with Crippen LogP contribution >= 0.6 is 12.8 Å². The molecule has 0 spiro atoms. The van der Waals surface area contributed by atoms with Crippen molar-refractivity contribution in [3.63, 3.8) is 0 Å². The number of urea groups is 1. The maximum absolute atomic E-state index is 13.1. The number of hydrogen-bond donors (Lipinski definition) is 3. The molecule has 0 heterocycles. The number of halogens is 1. The van der Waals surface area contributed by atoms with Crippen LogP contribution in [0.4, 0.5) is 14.9 Å². The van der Waals surface area contributed by atoms with Crippen molar-refractivity contribution >= 4 is 24.5 Å². The first-order chi connectivity index (χ1) is 8.57. The fourth-order valence-electron chi connectivity index (χ4n) is 1.43. The number of amides is 2. The average Bonchev–Trinajstić information content (AvgIpc) is 2.37. The van der Waals surface area contributed by atoms with Gasteiger partial charge in [-0.3, -0.25) is 0 Å². The zero-order valence-electron chi connectivity index (χ0n) is 10.2. The highest BCUT2D eigenvalue weighted by Crippen LogP contribution is 2.30. The Hall–Kier alpha value is -1.43. The van der Waals surface area contributed by atoms with E-state index in [-0.39, 0.29) is 5.69 Å². The molecule has 6 heteroatoms. The SMILES string of the molecule is CCCCCNC(=O)N(S)c1cccc(F)c1O. The standard InChI is InChI=1S/C12H17FN2O2S/c1-2-3-4-8-14-12(17)15(18)10-7-5-6-9(13)11(10)16/h5-7,16,18H,2-4,8H2,1H3,(H,14,17). The first-order valence-corrected chi connectivity index (χ1v) is 6.22. The highest BCUT2D eigenvalue weighted by Gasteiger charge is 2.17. The number of para-hydroxylation sites is 1. The van der Waals surface area contributed by atoms with E-state index in [2.05, 4.69) is 25.1 Å². The summed E-state index contributed by atoms with van der Waals surface area (Å²) in [5, 5.41) is 12.1. The van der Waals surface area contributed by atoms with Gasteiger partial charge in [0.05, 0.1) is 0 Å². The van der Waals surface area contributed by atoms with E-state index in [1.54, 1.807) is 0 Å². The molecule has 0 fully saturated rings. The zero-order chi connectivity index (χ0) is 13.5. The Labute approximate surface area is 111 Å². The maximum atomic E-state index is 13.1. The number of unbranched alkanes of at least 4 members (excludes halogenated alkanes) is 2. The van der Waals surface area contributed by atoms with Gasteiger partial charge >= 0.3 is 6.03 Å². The van der Waals surface area contributed by atoms with Crippen LogP contribution in [0.1, 0.15) is 26.2 Å². The van der Waals surface area contributed by atoms with Crippen LogP contribution in [0.5, 0.6) is 5.75 Å². The van der Waals surface area contributed by atoms with Crippen LogP contribution in [0, 0.1) is 5.82 Å². The molecule has 0 aliphatic rings.